The fraction of sp³-hybridized carbons (Fsp3) is 0.519. The van der Waals surface area contributed by atoms with Crippen LogP contribution in [0.3, 0.4) is 0 Å². The summed E-state index contributed by atoms with van der Waals surface area (Å²) in [6.07, 6.45) is 4.17. The van der Waals surface area contributed by atoms with Crippen LogP contribution in [-0.4, -0.2) is 71.3 Å². The Labute approximate surface area is 216 Å². The van der Waals surface area contributed by atoms with E-state index in [2.05, 4.69) is 13.2 Å². The second kappa shape index (κ2) is 10.00. The number of nitrogens with zero attached hydrogens (tertiary/aromatic N) is 2. The maximum atomic E-state index is 14.2. The van der Waals surface area contributed by atoms with Gasteiger partial charge in [-0.05, 0) is 49.9 Å². The summed E-state index contributed by atoms with van der Waals surface area (Å²) in [5, 5.41) is 10.3. The SMILES string of the molecule is C=CCCOC(=O)[C@H]1[C@H]2C(=O)N(CCO)C(C(=O)N(CC=C)c3ccc(Cl)cc3)C23CC(C)[C@]1(C)O3. The molecule has 3 saturated heterocycles. The van der Waals surface area contributed by atoms with E-state index in [9.17, 15) is 19.5 Å². The molecule has 3 aliphatic heterocycles. The number of anilines is 1. The zero-order valence-electron chi connectivity index (χ0n) is 20.7. The number of likely N-dealkylation sites (tertiary alicyclic amines) is 1. The lowest BCUT2D eigenvalue weighted by molar-refractivity contribution is -0.161. The minimum absolute atomic E-state index is 0.0529. The number of esters is 1. The van der Waals surface area contributed by atoms with Gasteiger partial charge in [0.15, 0.2) is 0 Å². The summed E-state index contributed by atoms with van der Waals surface area (Å²) in [5.74, 6) is -3.10. The van der Waals surface area contributed by atoms with Gasteiger partial charge in [-0.1, -0.05) is 30.7 Å². The first kappa shape index (κ1) is 26.4. The number of β-amino-alcohol motifs (C(OH)–C–C–N with tert-alkyl or cyclic N) is 1. The van der Waals surface area contributed by atoms with Crippen LogP contribution in [-0.2, 0) is 23.9 Å². The Bertz CT molecular complexity index is 1060. The molecular weight excluding hydrogens is 484 g/mol. The van der Waals surface area contributed by atoms with E-state index in [4.69, 9.17) is 21.1 Å². The molecule has 1 aromatic carbocycles. The van der Waals surface area contributed by atoms with Gasteiger partial charge in [0.2, 0.25) is 5.91 Å². The van der Waals surface area contributed by atoms with Crippen LogP contribution < -0.4 is 4.90 Å². The molecule has 36 heavy (non-hydrogen) atoms. The van der Waals surface area contributed by atoms with Crippen LogP contribution in [0.5, 0.6) is 0 Å². The third-order valence-corrected chi connectivity index (χ3v) is 8.18. The number of aliphatic hydroxyl groups excluding tert-OH is 1. The molecule has 9 heteroatoms. The molecule has 4 rings (SSSR count). The maximum absolute atomic E-state index is 14.2. The third kappa shape index (κ3) is 3.96. The summed E-state index contributed by atoms with van der Waals surface area (Å²) in [6, 6.07) is 5.80. The Morgan fingerprint density at radius 2 is 2.00 bits per heavy atom. The van der Waals surface area contributed by atoms with Crippen molar-refractivity contribution in [1.29, 1.82) is 0 Å². The van der Waals surface area contributed by atoms with Crippen molar-refractivity contribution in [2.24, 2.45) is 17.8 Å². The second-order valence-corrected chi connectivity index (χ2v) is 10.4. The minimum Gasteiger partial charge on any atom is -0.465 e. The van der Waals surface area contributed by atoms with Crippen molar-refractivity contribution in [3.8, 4) is 0 Å². The van der Waals surface area contributed by atoms with Crippen molar-refractivity contribution in [1.82, 2.24) is 4.90 Å². The first-order valence-corrected chi connectivity index (χ1v) is 12.6. The number of carbonyl (C=O) groups excluding carboxylic acids is 3. The largest absolute Gasteiger partial charge is 0.465 e. The van der Waals surface area contributed by atoms with E-state index in [0.717, 1.165) is 0 Å². The van der Waals surface area contributed by atoms with Crippen LogP contribution in [0.4, 0.5) is 5.69 Å². The number of aliphatic hydroxyl groups is 1. The summed E-state index contributed by atoms with van der Waals surface area (Å²) < 4.78 is 12.1. The number of amides is 2. The molecular formula is C27H33ClN2O6. The van der Waals surface area contributed by atoms with E-state index in [1.54, 1.807) is 36.4 Å². The van der Waals surface area contributed by atoms with E-state index >= 15 is 0 Å². The number of ether oxygens (including phenoxy) is 2. The highest BCUT2D eigenvalue weighted by Crippen LogP contribution is 2.65. The highest BCUT2D eigenvalue weighted by molar-refractivity contribution is 6.30. The summed E-state index contributed by atoms with van der Waals surface area (Å²) in [5.41, 5.74) is -1.59. The number of hydrogen-bond acceptors (Lipinski definition) is 6. The molecule has 0 saturated carbocycles. The summed E-state index contributed by atoms with van der Waals surface area (Å²) in [7, 11) is 0. The van der Waals surface area contributed by atoms with Gasteiger partial charge in [-0.15, -0.1) is 13.2 Å². The molecule has 8 nitrogen and oxygen atoms in total. The predicted molar refractivity (Wildman–Crippen MR) is 135 cm³/mol. The standard InChI is InChI=1S/C27H33ClN2O6/c1-5-7-15-35-25(34)21-20-23(32)30(13-14-31)22(27(20)16-17(3)26(21,4)36-27)24(33)29(12-6-2)19-10-8-18(28)9-11-19/h5-6,8-11,17,20-22,31H,1-2,7,12-16H2,3-4H3/t17?,20-,21+,22?,26-,27?/m0/s1. The van der Waals surface area contributed by atoms with E-state index in [0.29, 0.717) is 23.6 Å². The molecule has 1 aromatic rings. The second-order valence-electron chi connectivity index (χ2n) is 9.92. The van der Waals surface area contributed by atoms with Crippen molar-refractivity contribution < 1.29 is 29.0 Å². The third-order valence-electron chi connectivity index (χ3n) is 7.93. The Morgan fingerprint density at radius 3 is 2.61 bits per heavy atom. The average molecular weight is 517 g/mol. The van der Waals surface area contributed by atoms with Crippen LogP contribution in [0.15, 0.2) is 49.6 Å². The van der Waals surface area contributed by atoms with E-state index < -0.39 is 35.0 Å². The fourth-order valence-electron chi connectivity index (χ4n) is 6.28. The van der Waals surface area contributed by atoms with Gasteiger partial charge in [0.1, 0.15) is 17.6 Å². The quantitative estimate of drug-likeness (QED) is 0.292. The molecule has 0 radical (unpaired) electrons. The van der Waals surface area contributed by atoms with Crippen molar-refractivity contribution in [2.75, 3.05) is 31.2 Å². The normalized spacial score (nSPS) is 32.3. The summed E-state index contributed by atoms with van der Waals surface area (Å²) >= 11 is 6.06. The molecule has 0 aliphatic carbocycles. The number of hydrogen-bond donors (Lipinski definition) is 1. The fourth-order valence-corrected chi connectivity index (χ4v) is 6.40. The number of benzene rings is 1. The Morgan fingerprint density at radius 1 is 1.31 bits per heavy atom. The lowest BCUT2D eigenvalue weighted by atomic mass is 9.62. The van der Waals surface area contributed by atoms with E-state index in [-0.39, 0.29) is 44.0 Å². The minimum atomic E-state index is -1.22. The molecule has 2 bridgehead atoms. The molecule has 194 valence electrons. The highest BCUT2D eigenvalue weighted by Gasteiger charge is 2.80. The molecule has 1 spiro atoms. The van der Waals surface area contributed by atoms with Gasteiger partial charge in [0.05, 0.1) is 24.7 Å². The molecule has 3 unspecified atom stereocenters. The molecule has 3 heterocycles. The van der Waals surface area contributed by atoms with Gasteiger partial charge in [-0.3, -0.25) is 14.4 Å². The van der Waals surface area contributed by atoms with Crippen molar-refractivity contribution in [3.05, 3.63) is 54.6 Å². The smallest absolute Gasteiger partial charge is 0.312 e. The number of rotatable bonds is 10. The van der Waals surface area contributed by atoms with E-state index in [1.807, 2.05) is 13.8 Å². The monoisotopic (exact) mass is 516 g/mol. The molecule has 0 aromatic heterocycles. The molecule has 2 amide bonds. The topological polar surface area (TPSA) is 96.4 Å². The molecule has 1 N–H and O–H groups in total. The van der Waals surface area contributed by atoms with E-state index in [1.165, 1.54) is 9.80 Å². The number of carbonyl (C=O) groups is 3. The lowest BCUT2D eigenvalue weighted by Crippen LogP contribution is -2.57. The van der Waals surface area contributed by atoms with Crippen molar-refractivity contribution in [2.45, 2.75) is 43.9 Å². The van der Waals surface area contributed by atoms with Gasteiger partial charge in [0.25, 0.3) is 5.91 Å². The zero-order valence-corrected chi connectivity index (χ0v) is 21.4. The number of fused-ring (bicyclic) bond motifs is 1. The van der Waals surface area contributed by atoms with Crippen LogP contribution in [0.1, 0.15) is 26.7 Å². The van der Waals surface area contributed by atoms with Gasteiger partial charge in [-0.25, -0.2) is 0 Å². The van der Waals surface area contributed by atoms with Crippen molar-refractivity contribution in [3.63, 3.8) is 0 Å². The molecule has 3 fully saturated rings. The van der Waals surface area contributed by atoms with Gasteiger partial charge in [-0.2, -0.15) is 0 Å². The first-order chi connectivity index (χ1) is 17.2. The van der Waals surface area contributed by atoms with Crippen LogP contribution >= 0.6 is 11.6 Å². The predicted octanol–water partition coefficient (Wildman–Crippen LogP) is 2.98. The van der Waals surface area contributed by atoms with Gasteiger partial charge >= 0.3 is 5.97 Å². The lowest BCUT2D eigenvalue weighted by Gasteiger charge is -2.37. The van der Waals surface area contributed by atoms with Crippen LogP contribution in [0.2, 0.25) is 5.02 Å². The van der Waals surface area contributed by atoms with Crippen LogP contribution in [0, 0.1) is 17.8 Å². The average Bonchev–Trinajstić information content (AvgIpc) is 3.35. The first-order valence-electron chi connectivity index (χ1n) is 12.2. The van der Waals surface area contributed by atoms with Gasteiger partial charge in [0, 0.05) is 23.8 Å². The Kier molecular flexibility index (Phi) is 7.33. The number of halogens is 1. The zero-order chi connectivity index (χ0) is 26.3. The maximum Gasteiger partial charge on any atom is 0.312 e. The summed E-state index contributed by atoms with van der Waals surface area (Å²) in [6.45, 7) is 11.2. The summed E-state index contributed by atoms with van der Waals surface area (Å²) in [4.78, 5) is 44.3. The Balaban J connectivity index is 1.77. The molecule has 6 atom stereocenters. The van der Waals surface area contributed by atoms with Crippen LogP contribution in [0.25, 0.3) is 0 Å². The molecule has 3 aliphatic rings. The highest BCUT2D eigenvalue weighted by atomic mass is 35.5. The van der Waals surface area contributed by atoms with Crippen molar-refractivity contribution >= 4 is 35.1 Å². The Hall–Kier alpha value is -2.68. The van der Waals surface area contributed by atoms with Gasteiger partial charge < -0.3 is 24.4 Å².